The summed E-state index contributed by atoms with van der Waals surface area (Å²) in [4.78, 5) is 15.1. The molecular formula is C24H25ClN2O4. The number of amides is 1. The lowest BCUT2D eigenvalue weighted by atomic mass is 10.0. The third-order valence-electron chi connectivity index (χ3n) is 5.41. The molecule has 1 fully saturated rings. The number of hydrogen-bond acceptors (Lipinski definition) is 5. The van der Waals surface area contributed by atoms with E-state index in [-0.39, 0.29) is 17.7 Å². The lowest BCUT2D eigenvalue weighted by molar-refractivity contribution is 0.0161. The Labute approximate surface area is 186 Å². The molecule has 3 aromatic rings. The molecule has 6 nitrogen and oxygen atoms in total. The Morgan fingerprint density at radius 2 is 1.84 bits per heavy atom. The van der Waals surface area contributed by atoms with Gasteiger partial charge in [-0.3, -0.25) is 9.69 Å². The molecule has 162 valence electrons. The van der Waals surface area contributed by atoms with Crippen LogP contribution in [0.1, 0.15) is 22.2 Å². The van der Waals surface area contributed by atoms with Gasteiger partial charge in [-0.05, 0) is 42.0 Å². The first-order valence-electron chi connectivity index (χ1n) is 10.2. The van der Waals surface area contributed by atoms with Crippen LogP contribution in [0.15, 0.2) is 65.1 Å². The molecule has 0 bridgehead atoms. The number of rotatable bonds is 7. The number of carbonyl (C=O) groups excluding carboxylic acids is 1. The molecular weight excluding hydrogens is 416 g/mol. The van der Waals surface area contributed by atoms with Gasteiger partial charge in [0.2, 0.25) is 0 Å². The lowest BCUT2D eigenvalue weighted by Crippen LogP contribution is -2.43. The molecule has 0 aliphatic carbocycles. The predicted molar refractivity (Wildman–Crippen MR) is 120 cm³/mol. The predicted octanol–water partition coefficient (Wildman–Crippen LogP) is 4.41. The molecule has 0 saturated carbocycles. The number of carbonyl (C=O) groups is 1. The number of hydrogen-bond donors (Lipinski definition) is 1. The Bertz CT molecular complexity index is 1010. The third-order valence-corrected chi connectivity index (χ3v) is 5.74. The molecule has 0 spiro atoms. The van der Waals surface area contributed by atoms with Crippen LogP contribution >= 0.6 is 11.6 Å². The Hall–Kier alpha value is -2.80. The van der Waals surface area contributed by atoms with E-state index in [9.17, 15) is 4.79 Å². The number of nitrogens with one attached hydrogen (secondary N) is 1. The average molecular weight is 441 g/mol. The molecule has 31 heavy (non-hydrogen) atoms. The van der Waals surface area contributed by atoms with Gasteiger partial charge in [0.25, 0.3) is 5.91 Å². The monoisotopic (exact) mass is 440 g/mol. The zero-order valence-corrected chi connectivity index (χ0v) is 18.1. The SMILES string of the molecule is COc1ccc([C@H](CNC(=O)c2ccc(-c3ccccc3Cl)o2)N2CCOCC2)cc1. The van der Waals surface area contributed by atoms with Gasteiger partial charge in [0, 0.05) is 25.2 Å². The number of methoxy groups -OCH3 is 1. The maximum absolute atomic E-state index is 12.8. The van der Waals surface area contributed by atoms with Crippen LogP contribution in [0, 0.1) is 0 Å². The molecule has 7 heteroatoms. The van der Waals surface area contributed by atoms with Gasteiger partial charge < -0.3 is 19.2 Å². The first kappa shape index (κ1) is 21.4. The summed E-state index contributed by atoms with van der Waals surface area (Å²) in [5.74, 6) is 1.36. The van der Waals surface area contributed by atoms with Crippen molar-refractivity contribution < 1.29 is 18.7 Å². The van der Waals surface area contributed by atoms with Crippen molar-refractivity contribution in [2.45, 2.75) is 6.04 Å². The fourth-order valence-corrected chi connectivity index (χ4v) is 3.94. The third kappa shape index (κ3) is 5.10. The summed E-state index contributed by atoms with van der Waals surface area (Å²) in [6.45, 7) is 3.43. The fraction of sp³-hybridized carbons (Fsp3) is 0.292. The Kier molecular flexibility index (Phi) is 6.92. The summed E-state index contributed by atoms with van der Waals surface area (Å²) >= 11 is 6.24. The van der Waals surface area contributed by atoms with Crippen molar-refractivity contribution in [3.05, 3.63) is 77.0 Å². The van der Waals surface area contributed by atoms with Crippen molar-refractivity contribution in [3.63, 3.8) is 0 Å². The quantitative estimate of drug-likeness (QED) is 0.589. The normalized spacial score (nSPS) is 15.4. The van der Waals surface area contributed by atoms with Gasteiger partial charge in [0.05, 0.1) is 31.4 Å². The summed E-state index contributed by atoms with van der Waals surface area (Å²) in [6, 6.07) is 18.8. The standard InChI is InChI=1S/C24H25ClN2O4/c1-29-18-8-6-17(7-9-18)21(27-12-14-30-15-13-27)16-26-24(28)23-11-10-22(31-23)19-4-2-3-5-20(19)25/h2-11,21H,12-16H2,1H3,(H,26,28)/t21-/m0/s1. The van der Waals surface area contributed by atoms with Crippen molar-refractivity contribution in [2.75, 3.05) is 40.0 Å². The Morgan fingerprint density at radius 3 is 2.55 bits per heavy atom. The number of ether oxygens (including phenoxy) is 2. The summed E-state index contributed by atoms with van der Waals surface area (Å²) in [5, 5.41) is 3.60. The van der Waals surface area contributed by atoms with Crippen LogP contribution in [0.5, 0.6) is 5.75 Å². The highest BCUT2D eigenvalue weighted by Crippen LogP contribution is 2.29. The van der Waals surface area contributed by atoms with Crippen molar-refractivity contribution in [2.24, 2.45) is 0 Å². The minimum absolute atomic E-state index is 0.0248. The van der Waals surface area contributed by atoms with E-state index < -0.39 is 0 Å². The van der Waals surface area contributed by atoms with Crippen LogP contribution < -0.4 is 10.1 Å². The van der Waals surface area contributed by atoms with Crippen LogP contribution in [0.3, 0.4) is 0 Å². The molecule has 2 aromatic carbocycles. The van der Waals surface area contributed by atoms with Crippen molar-refractivity contribution in [1.82, 2.24) is 10.2 Å². The van der Waals surface area contributed by atoms with Gasteiger partial charge in [0.1, 0.15) is 11.5 Å². The molecule has 1 aliphatic rings. The molecule has 0 radical (unpaired) electrons. The van der Waals surface area contributed by atoms with E-state index in [1.54, 1.807) is 25.3 Å². The largest absolute Gasteiger partial charge is 0.497 e. The van der Waals surface area contributed by atoms with E-state index in [1.807, 2.05) is 42.5 Å². The molecule has 1 saturated heterocycles. The first-order valence-corrected chi connectivity index (χ1v) is 10.6. The minimum atomic E-state index is -0.259. The van der Waals surface area contributed by atoms with E-state index in [0.29, 0.717) is 30.5 Å². The molecule has 1 aromatic heterocycles. The number of halogens is 1. The Morgan fingerprint density at radius 1 is 1.10 bits per heavy atom. The van der Waals surface area contributed by atoms with Gasteiger partial charge in [0.15, 0.2) is 5.76 Å². The second-order valence-corrected chi connectivity index (χ2v) is 7.70. The Balaban J connectivity index is 1.47. The highest BCUT2D eigenvalue weighted by Gasteiger charge is 2.24. The maximum atomic E-state index is 12.8. The maximum Gasteiger partial charge on any atom is 0.287 e. The van der Waals surface area contributed by atoms with Crippen LogP contribution in [0.2, 0.25) is 5.02 Å². The first-order chi connectivity index (χ1) is 15.2. The van der Waals surface area contributed by atoms with E-state index in [4.69, 9.17) is 25.5 Å². The minimum Gasteiger partial charge on any atom is -0.497 e. The van der Waals surface area contributed by atoms with Crippen LogP contribution in [0.4, 0.5) is 0 Å². The number of nitrogens with zero attached hydrogens (tertiary/aromatic N) is 1. The lowest BCUT2D eigenvalue weighted by Gasteiger charge is -2.34. The molecule has 2 heterocycles. The van der Waals surface area contributed by atoms with E-state index >= 15 is 0 Å². The second-order valence-electron chi connectivity index (χ2n) is 7.29. The zero-order chi connectivity index (χ0) is 21.6. The molecule has 0 unspecified atom stereocenters. The van der Waals surface area contributed by atoms with E-state index in [2.05, 4.69) is 10.2 Å². The summed E-state index contributed by atoms with van der Waals surface area (Å²) in [7, 11) is 1.65. The number of morpholine rings is 1. The van der Waals surface area contributed by atoms with Gasteiger partial charge >= 0.3 is 0 Å². The van der Waals surface area contributed by atoms with Gasteiger partial charge in [-0.2, -0.15) is 0 Å². The highest BCUT2D eigenvalue weighted by atomic mass is 35.5. The second kappa shape index (κ2) is 10.0. The van der Waals surface area contributed by atoms with E-state index in [0.717, 1.165) is 30.0 Å². The fourth-order valence-electron chi connectivity index (χ4n) is 3.72. The van der Waals surface area contributed by atoms with Crippen molar-refractivity contribution >= 4 is 17.5 Å². The van der Waals surface area contributed by atoms with Gasteiger partial charge in [-0.1, -0.05) is 35.9 Å². The van der Waals surface area contributed by atoms with Crippen molar-refractivity contribution in [1.29, 1.82) is 0 Å². The number of furan rings is 1. The van der Waals surface area contributed by atoms with Crippen LogP contribution in [-0.2, 0) is 4.74 Å². The molecule has 1 N–H and O–H groups in total. The van der Waals surface area contributed by atoms with Crippen molar-refractivity contribution in [3.8, 4) is 17.1 Å². The van der Waals surface area contributed by atoms with E-state index in [1.165, 1.54) is 0 Å². The average Bonchev–Trinajstić information content (AvgIpc) is 3.31. The number of benzene rings is 2. The molecule has 1 aliphatic heterocycles. The highest BCUT2D eigenvalue weighted by molar-refractivity contribution is 6.33. The molecule has 1 amide bonds. The summed E-state index contributed by atoms with van der Waals surface area (Å²) in [6.07, 6.45) is 0. The van der Waals surface area contributed by atoms with Gasteiger partial charge in [-0.15, -0.1) is 0 Å². The summed E-state index contributed by atoms with van der Waals surface area (Å²) < 4.78 is 16.5. The zero-order valence-electron chi connectivity index (χ0n) is 17.3. The molecule has 4 rings (SSSR count). The smallest absolute Gasteiger partial charge is 0.287 e. The van der Waals surface area contributed by atoms with Crippen LogP contribution in [-0.4, -0.2) is 50.8 Å². The molecule has 1 atom stereocenters. The summed E-state index contributed by atoms with van der Waals surface area (Å²) in [5.41, 5.74) is 1.87. The van der Waals surface area contributed by atoms with Gasteiger partial charge in [-0.25, -0.2) is 0 Å². The topological polar surface area (TPSA) is 63.9 Å². The van der Waals surface area contributed by atoms with Crippen LogP contribution in [0.25, 0.3) is 11.3 Å².